The molecule has 0 heterocycles. The minimum atomic E-state index is 0.185. The molecule has 0 aliphatic rings. The zero-order valence-electron chi connectivity index (χ0n) is 12.7. The van der Waals surface area contributed by atoms with Crippen LogP contribution in [0.25, 0.3) is 0 Å². The Labute approximate surface area is 136 Å². The SMILES string of the molecule is COCCNCc1cc(Cl)cc(Cl)c1OCCOC(C)C. The predicted molar refractivity (Wildman–Crippen MR) is 86.6 cm³/mol. The zero-order chi connectivity index (χ0) is 15.7. The molecule has 0 saturated heterocycles. The summed E-state index contributed by atoms with van der Waals surface area (Å²) in [6.07, 6.45) is 0.185. The van der Waals surface area contributed by atoms with Crippen molar-refractivity contribution in [3.8, 4) is 5.75 Å². The zero-order valence-corrected chi connectivity index (χ0v) is 14.3. The van der Waals surface area contributed by atoms with Gasteiger partial charge in [-0.2, -0.15) is 0 Å². The standard InChI is InChI=1S/C15H23Cl2NO3/c1-11(2)20-6-7-21-15-12(10-18-4-5-19-3)8-13(16)9-14(15)17/h8-9,11,18H,4-7,10H2,1-3H3. The van der Waals surface area contributed by atoms with E-state index in [0.29, 0.717) is 42.2 Å². The van der Waals surface area contributed by atoms with Gasteiger partial charge in [-0.15, -0.1) is 0 Å². The van der Waals surface area contributed by atoms with Crippen molar-refractivity contribution >= 4 is 23.2 Å². The first kappa shape index (κ1) is 18.5. The van der Waals surface area contributed by atoms with Gasteiger partial charge in [0.2, 0.25) is 0 Å². The lowest BCUT2D eigenvalue weighted by Crippen LogP contribution is -2.19. The van der Waals surface area contributed by atoms with Crippen molar-refractivity contribution in [1.82, 2.24) is 5.32 Å². The summed E-state index contributed by atoms with van der Waals surface area (Å²) in [5.74, 6) is 0.651. The highest BCUT2D eigenvalue weighted by Crippen LogP contribution is 2.32. The van der Waals surface area contributed by atoms with Crippen molar-refractivity contribution in [2.75, 3.05) is 33.5 Å². The molecule has 0 unspecified atom stereocenters. The fourth-order valence-electron chi connectivity index (χ4n) is 1.73. The van der Waals surface area contributed by atoms with E-state index in [0.717, 1.165) is 12.1 Å². The number of ether oxygens (including phenoxy) is 3. The van der Waals surface area contributed by atoms with E-state index in [-0.39, 0.29) is 6.10 Å². The molecule has 0 aromatic heterocycles. The second kappa shape index (κ2) is 10.2. The average molecular weight is 336 g/mol. The Morgan fingerprint density at radius 3 is 2.57 bits per heavy atom. The van der Waals surface area contributed by atoms with Crippen LogP contribution < -0.4 is 10.1 Å². The lowest BCUT2D eigenvalue weighted by molar-refractivity contribution is 0.0550. The molecule has 0 amide bonds. The van der Waals surface area contributed by atoms with Crippen LogP contribution in [0.15, 0.2) is 12.1 Å². The second-order valence-corrected chi connectivity index (χ2v) is 5.66. The van der Waals surface area contributed by atoms with E-state index < -0.39 is 0 Å². The van der Waals surface area contributed by atoms with E-state index in [2.05, 4.69) is 5.32 Å². The van der Waals surface area contributed by atoms with Crippen LogP contribution in [0.2, 0.25) is 10.0 Å². The third-order valence-electron chi connectivity index (χ3n) is 2.66. The second-order valence-electron chi connectivity index (χ2n) is 4.81. The first-order valence-corrected chi connectivity index (χ1v) is 7.72. The van der Waals surface area contributed by atoms with Gasteiger partial charge < -0.3 is 19.5 Å². The summed E-state index contributed by atoms with van der Waals surface area (Å²) in [6, 6.07) is 3.53. The molecule has 1 N–H and O–H groups in total. The minimum absolute atomic E-state index is 0.185. The third kappa shape index (κ3) is 7.34. The summed E-state index contributed by atoms with van der Waals surface area (Å²) < 4.78 is 16.2. The van der Waals surface area contributed by atoms with Gasteiger partial charge in [-0.3, -0.25) is 0 Å². The van der Waals surface area contributed by atoms with Crippen LogP contribution in [-0.2, 0) is 16.0 Å². The van der Waals surface area contributed by atoms with Crippen molar-refractivity contribution in [2.24, 2.45) is 0 Å². The largest absolute Gasteiger partial charge is 0.489 e. The van der Waals surface area contributed by atoms with Crippen LogP contribution in [0, 0.1) is 0 Å². The van der Waals surface area contributed by atoms with Crippen LogP contribution in [-0.4, -0.2) is 39.6 Å². The van der Waals surface area contributed by atoms with E-state index in [1.165, 1.54) is 0 Å². The van der Waals surface area contributed by atoms with Crippen LogP contribution in [0.4, 0.5) is 0 Å². The molecule has 0 fully saturated rings. The van der Waals surface area contributed by atoms with Gasteiger partial charge >= 0.3 is 0 Å². The highest BCUT2D eigenvalue weighted by Gasteiger charge is 2.11. The number of rotatable bonds is 10. The van der Waals surface area contributed by atoms with Crippen LogP contribution in [0.5, 0.6) is 5.75 Å². The maximum Gasteiger partial charge on any atom is 0.142 e. The Kier molecular flexibility index (Phi) is 9.04. The van der Waals surface area contributed by atoms with E-state index in [1.807, 2.05) is 19.9 Å². The molecule has 4 nitrogen and oxygen atoms in total. The normalized spacial score (nSPS) is 11.1. The third-order valence-corrected chi connectivity index (χ3v) is 3.16. The van der Waals surface area contributed by atoms with Crippen molar-refractivity contribution in [1.29, 1.82) is 0 Å². The molecule has 21 heavy (non-hydrogen) atoms. The smallest absolute Gasteiger partial charge is 0.142 e. The number of hydrogen-bond acceptors (Lipinski definition) is 4. The first-order chi connectivity index (χ1) is 10.0. The van der Waals surface area contributed by atoms with Gasteiger partial charge in [0.15, 0.2) is 0 Å². The Morgan fingerprint density at radius 2 is 1.90 bits per heavy atom. The molecule has 0 radical (unpaired) electrons. The summed E-state index contributed by atoms with van der Waals surface area (Å²) >= 11 is 12.3. The summed E-state index contributed by atoms with van der Waals surface area (Å²) in [4.78, 5) is 0. The molecule has 0 aliphatic carbocycles. The molecule has 0 saturated carbocycles. The molecular weight excluding hydrogens is 313 g/mol. The molecule has 0 atom stereocenters. The Bertz CT molecular complexity index is 428. The van der Waals surface area contributed by atoms with Gasteiger partial charge in [0, 0.05) is 30.8 Å². The Morgan fingerprint density at radius 1 is 1.14 bits per heavy atom. The lowest BCUT2D eigenvalue weighted by atomic mass is 10.2. The highest BCUT2D eigenvalue weighted by molar-refractivity contribution is 6.35. The van der Waals surface area contributed by atoms with Crippen molar-refractivity contribution in [3.63, 3.8) is 0 Å². The highest BCUT2D eigenvalue weighted by atomic mass is 35.5. The van der Waals surface area contributed by atoms with Gasteiger partial charge in [-0.25, -0.2) is 0 Å². The van der Waals surface area contributed by atoms with Crippen LogP contribution in [0.1, 0.15) is 19.4 Å². The summed E-state index contributed by atoms with van der Waals surface area (Å²) in [5, 5.41) is 4.35. The van der Waals surface area contributed by atoms with Crippen molar-refractivity contribution in [2.45, 2.75) is 26.5 Å². The maximum atomic E-state index is 6.21. The fourth-order valence-corrected chi connectivity index (χ4v) is 2.32. The number of benzene rings is 1. The minimum Gasteiger partial charge on any atom is -0.489 e. The number of halogens is 2. The van der Waals surface area contributed by atoms with Crippen molar-refractivity contribution in [3.05, 3.63) is 27.7 Å². The molecule has 1 rings (SSSR count). The number of nitrogens with one attached hydrogen (secondary N) is 1. The summed E-state index contributed by atoms with van der Waals surface area (Å²) in [5.41, 5.74) is 0.924. The quantitative estimate of drug-likeness (QED) is 0.664. The van der Waals surface area contributed by atoms with E-state index in [4.69, 9.17) is 37.4 Å². The Hall–Kier alpha value is -0.520. The number of methoxy groups -OCH3 is 1. The average Bonchev–Trinajstić information content (AvgIpc) is 2.41. The maximum absolute atomic E-state index is 6.21. The van der Waals surface area contributed by atoms with E-state index in [1.54, 1.807) is 13.2 Å². The molecule has 6 heteroatoms. The molecule has 120 valence electrons. The van der Waals surface area contributed by atoms with Crippen molar-refractivity contribution < 1.29 is 14.2 Å². The van der Waals surface area contributed by atoms with E-state index in [9.17, 15) is 0 Å². The van der Waals surface area contributed by atoms with Gasteiger partial charge in [-0.1, -0.05) is 23.2 Å². The summed E-state index contributed by atoms with van der Waals surface area (Å²) in [6.45, 7) is 6.95. The molecule has 0 spiro atoms. The predicted octanol–water partition coefficient (Wildman–Crippen LogP) is 3.53. The molecular formula is C15H23Cl2NO3. The van der Waals surface area contributed by atoms with E-state index >= 15 is 0 Å². The topological polar surface area (TPSA) is 39.7 Å². The lowest BCUT2D eigenvalue weighted by Gasteiger charge is -2.15. The Balaban J connectivity index is 2.62. The molecule has 0 bridgehead atoms. The van der Waals surface area contributed by atoms with Gasteiger partial charge in [0.05, 0.1) is 24.3 Å². The molecule has 0 aliphatic heterocycles. The molecule has 1 aromatic rings. The van der Waals surface area contributed by atoms with Gasteiger partial charge in [-0.05, 0) is 26.0 Å². The van der Waals surface area contributed by atoms with Gasteiger partial charge in [0.25, 0.3) is 0 Å². The fraction of sp³-hybridized carbons (Fsp3) is 0.600. The molecule has 1 aromatic carbocycles. The number of hydrogen-bond donors (Lipinski definition) is 1. The first-order valence-electron chi connectivity index (χ1n) is 6.96. The van der Waals surface area contributed by atoms with Gasteiger partial charge in [0.1, 0.15) is 12.4 Å². The summed E-state index contributed by atoms with van der Waals surface area (Å²) in [7, 11) is 1.67. The monoisotopic (exact) mass is 335 g/mol. The van der Waals surface area contributed by atoms with Crippen LogP contribution in [0.3, 0.4) is 0 Å². The van der Waals surface area contributed by atoms with Crippen LogP contribution >= 0.6 is 23.2 Å².